The third kappa shape index (κ3) is 3.04. The first-order chi connectivity index (χ1) is 8.60. The minimum atomic E-state index is -0.0987. The van der Waals surface area contributed by atoms with Crippen LogP contribution in [0.1, 0.15) is 37.6 Å². The van der Waals surface area contributed by atoms with Gasteiger partial charge in [-0.1, -0.05) is 44.4 Å². The molecule has 0 aliphatic carbocycles. The summed E-state index contributed by atoms with van der Waals surface area (Å²) in [6, 6.07) is 3.76. The normalized spacial score (nSPS) is 12.6. The van der Waals surface area contributed by atoms with Crippen molar-refractivity contribution in [3.8, 4) is 11.5 Å². The predicted octanol–water partition coefficient (Wildman–Crippen LogP) is 5.07. The number of halogens is 2. The predicted molar refractivity (Wildman–Crippen MR) is 77.2 cm³/mol. The molecule has 0 aliphatic rings. The van der Waals surface area contributed by atoms with Crippen LogP contribution in [-0.4, -0.2) is 14.2 Å². The SMILES string of the molecule is CCC(CC)C(Cl)c1ccc(OC)c(Cl)c1OC. The molecule has 1 rings (SSSR count). The molecule has 102 valence electrons. The molecule has 1 atom stereocenters. The van der Waals surface area contributed by atoms with Gasteiger partial charge in [0, 0.05) is 5.56 Å². The molecule has 0 bridgehead atoms. The first-order valence-electron chi connectivity index (χ1n) is 6.15. The van der Waals surface area contributed by atoms with E-state index >= 15 is 0 Å². The summed E-state index contributed by atoms with van der Waals surface area (Å²) in [4.78, 5) is 0. The van der Waals surface area contributed by atoms with Crippen LogP contribution in [0.4, 0.5) is 0 Å². The lowest BCUT2D eigenvalue weighted by Gasteiger charge is -2.22. The molecule has 0 amide bonds. The van der Waals surface area contributed by atoms with Crippen molar-refractivity contribution < 1.29 is 9.47 Å². The summed E-state index contributed by atoms with van der Waals surface area (Å²) in [5.41, 5.74) is 0.929. The van der Waals surface area contributed by atoms with E-state index in [1.807, 2.05) is 12.1 Å². The van der Waals surface area contributed by atoms with Crippen molar-refractivity contribution in [2.45, 2.75) is 32.1 Å². The van der Waals surface area contributed by atoms with Gasteiger partial charge in [0.25, 0.3) is 0 Å². The van der Waals surface area contributed by atoms with Crippen LogP contribution in [0.3, 0.4) is 0 Å². The summed E-state index contributed by atoms with van der Waals surface area (Å²) in [6.07, 6.45) is 2.05. The number of hydrogen-bond donors (Lipinski definition) is 0. The number of alkyl halides is 1. The van der Waals surface area contributed by atoms with E-state index < -0.39 is 0 Å². The Kier molecular flexibility index (Phi) is 6.10. The van der Waals surface area contributed by atoms with Gasteiger partial charge < -0.3 is 9.47 Å². The molecule has 1 unspecified atom stereocenters. The molecule has 0 saturated carbocycles. The monoisotopic (exact) mass is 290 g/mol. The Morgan fingerprint density at radius 2 is 1.72 bits per heavy atom. The van der Waals surface area contributed by atoms with Crippen molar-refractivity contribution in [1.82, 2.24) is 0 Å². The molecule has 0 aliphatic heterocycles. The Morgan fingerprint density at radius 1 is 1.11 bits per heavy atom. The average Bonchev–Trinajstić information content (AvgIpc) is 2.39. The second-order valence-corrected chi connectivity index (χ2v) is 5.03. The van der Waals surface area contributed by atoms with Crippen molar-refractivity contribution in [1.29, 1.82) is 0 Å². The summed E-state index contributed by atoms with van der Waals surface area (Å²) in [5, 5.41) is 0.382. The van der Waals surface area contributed by atoms with Gasteiger partial charge in [0.05, 0.1) is 19.6 Å². The smallest absolute Gasteiger partial charge is 0.145 e. The van der Waals surface area contributed by atoms with Gasteiger partial charge in [-0.25, -0.2) is 0 Å². The molecule has 0 radical (unpaired) electrons. The van der Waals surface area contributed by atoms with Gasteiger partial charge in [-0.15, -0.1) is 11.6 Å². The molecule has 0 fully saturated rings. The van der Waals surface area contributed by atoms with Gasteiger partial charge in [0.2, 0.25) is 0 Å². The standard InChI is InChI=1S/C14H20Cl2O2/c1-5-9(6-2)12(15)10-7-8-11(17-3)13(16)14(10)18-4/h7-9,12H,5-6H2,1-4H3. The van der Waals surface area contributed by atoms with Gasteiger partial charge in [0.15, 0.2) is 0 Å². The minimum absolute atomic E-state index is 0.0987. The van der Waals surface area contributed by atoms with E-state index in [1.54, 1.807) is 14.2 Å². The molecule has 0 aromatic heterocycles. The number of hydrogen-bond acceptors (Lipinski definition) is 2. The maximum Gasteiger partial charge on any atom is 0.145 e. The molecule has 1 aromatic rings. The van der Waals surface area contributed by atoms with Crippen molar-refractivity contribution >= 4 is 23.2 Å². The number of benzene rings is 1. The van der Waals surface area contributed by atoms with Gasteiger partial charge in [-0.05, 0) is 12.0 Å². The van der Waals surface area contributed by atoms with Crippen molar-refractivity contribution in [3.05, 3.63) is 22.7 Å². The average molecular weight is 291 g/mol. The van der Waals surface area contributed by atoms with Crippen LogP contribution in [0.25, 0.3) is 0 Å². The Bertz CT molecular complexity index is 390. The van der Waals surface area contributed by atoms with Gasteiger partial charge in [0.1, 0.15) is 16.5 Å². The maximum atomic E-state index is 6.54. The zero-order valence-corrected chi connectivity index (χ0v) is 12.8. The summed E-state index contributed by atoms with van der Waals surface area (Å²) in [6.45, 7) is 4.28. The Hall–Kier alpha value is -0.600. The van der Waals surface area contributed by atoms with Crippen molar-refractivity contribution in [2.75, 3.05) is 14.2 Å². The molecular weight excluding hydrogens is 271 g/mol. The van der Waals surface area contributed by atoms with E-state index in [4.69, 9.17) is 32.7 Å². The second kappa shape index (κ2) is 7.10. The summed E-state index contributed by atoms with van der Waals surface area (Å²) in [7, 11) is 3.18. The third-order valence-corrected chi connectivity index (χ3v) is 4.23. The zero-order valence-electron chi connectivity index (χ0n) is 11.3. The lowest BCUT2D eigenvalue weighted by Crippen LogP contribution is -2.08. The highest BCUT2D eigenvalue weighted by Gasteiger charge is 2.24. The van der Waals surface area contributed by atoms with Crippen LogP contribution in [0.5, 0.6) is 11.5 Å². The first kappa shape index (κ1) is 15.5. The molecule has 1 aromatic carbocycles. The van der Waals surface area contributed by atoms with Gasteiger partial charge >= 0.3 is 0 Å². The fourth-order valence-corrected chi connectivity index (χ4v) is 2.95. The Morgan fingerprint density at radius 3 is 2.17 bits per heavy atom. The fraction of sp³-hybridized carbons (Fsp3) is 0.571. The van der Waals surface area contributed by atoms with Gasteiger partial charge in [-0.3, -0.25) is 0 Å². The lowest BCUT2D eigenvalue weighted by molar-refractivity contribution is 0.384. The summed E-state index contributed by atoms with van der Waals surface area (Å²) >= 11 is 12.8. The first-order valence-corrected chi connectivity index (χ1v) is 6.96. The van der Waals surface area contributed by atoms with Crippen molar-refractivity contribution in [2.24, 2.45) is 5.92 Å². The molecule has 2 nitrogen and oxygen atoms in total. The molecule has 0 heterocycles. The van der Waals surface area contributed by atoms with Crippen molar-refractivity contribution in [3.63, 3.8) is 0 Å². The summed E-state index contributed by atoms with van der Waals surface area (Å²) in [5.74, 6) is 1.62. The molecule has 18 heavy (non-hydrogen) atoms. The van der Waals surface area contributed by atoms with Crippen LogP contribution in [0, 0.1) is 5.92 Å². The van der Waals surface area contributed by atoms with E-state index in [1.165, 1.54) is 0 Å². The molecule has 4 heteroatoms. The highest BCUT2D eigenvalue weighted by atomic mass is 35.5. The molecule has 0 N–H and O–H groups in total. The topological polar surface area (TPSA) is 18.5 Å². The largest absolute Gasteiger partial charge is 0.495 e. The van der Waals surface area contributed by atoms with Crippen LogP contribution in [0.15, 0.2) is 12.1 Å². The summed E-state index contributed by atoms with van der Waals surface area (Å²) < 4.78 is 10.6. The maximum absolute atomic E-state index is 6.54. The lowest BCUT2D eigenvalue weighted by atomic mass is 9.93. The van der Waals surface area contributed by atoms with Crippen LogP contribution >= 0.6 is 23.2 Å². The highest BCUT2D eigenvalue weighted by Crippen LogP contribution is 2.44. The minimum Gasteiger partial charge on any atom is -0.495 e. The molecular formula is C14H20Cl2O2. The number of ether oxygens (including phenoxy) is 2. The van der Waals surface area contributed by atoms with E-state index in [2.05, 4.69) is 13.8 Å². The van der Waals surface area contributed by atoms with E-state index in [-0.39, 0.29) is 5.38 Å². The van der Waals surface area contributed by atoms with E-state index in [0.29, 0.717) is 22.4 Å². The molecule has 0 spiro atoms. The Labute approximate surface area is 119 Å². The van der Waals surface area contributed by atoms with Crippen LogP contribution in [-0.2, 0) is 0 Å². The number of rotatable bonds is 6. The second-order valence-electron chi connectivity index (χ2n) is 4.18. The molecule has 0 saturated heterocycles. The number of methoxy groups -OCH3 is 2. The Balaban J connectivity index is 3.20. The van der Waals surface area contributed by atoms with Crippen LogP contribution in [0.2, 0.25) is 5.02 Å². The van der Waals surface area contributed by atoms with Crippen LogP contribution < -0.4 is 9.47 Å². The van der Waals surface area contributed by atoms with E-state index in [0.717, 1.165) is 18.4 Å². The fourth-order valence-electron chi connectivity index (χ4n) is 2.09. The quantitative estimate of drug-likeness (QED) is 0.681. The highest BCUT2D eigenvalue weighted by molar-refractivity contribution is 6.34. The van der Waals surface area contributed by atoms with E-state index in [9.17, 15) is 0 Å². The van der Waals surface area contributed by atoms with Gasteiger partial charge in [-0.2, -0.15) is 0 Å². The zero-order chi connectivity index (χ0) is 13.7. The third-order valence-electron chi connectivity index (χ3n) is 3.28.